The summed E-state index contributed by atoms with van der Waals surface area (Å²) < 4.78 is 7.51. The summed E-state index contributed by atoms with van der Waals surface area (Å²) in [5.41, 5.74) is 4.79. The van der Waals surface area contributed by atoms with Crippen molar-refractivity contribution in [1.82, 2.24) is 35.5 Å². The molecule has 0 aliphatic rings. The highest BCUT2D eigenvalue weighted by Gasteiger charge is 2.19. The first-order valence-corrected chi connectivity index (χ1v) is 14.0. The van der Waals surface area contributed by atoms with Crippen LogP contribution in [0.5, 0.6) is 0 Å². The minimum absolute atomic E-state index is 0.00868. The number of aryl methyl sites for hydroxylation is 1. The SMILES string of the molecule is CCCCc1nc(Cl)c(CCOC(=O)CCC(NC)C(=O)O)n1Cc1ccc(-c2ccccc2-c2nn[nH]n2)cc1. The number of imidazole rings is 1. The summed E-state index contributed by atoms with van der Waals surface area (Å²) in [6.45, 7) is 2.82. The lowest BCUT2D eigenvalue weighted by atomic mass is 9.98. The zero-order valence-corrected chi connectivity index (χ0v) is 23.9. The lowest BCUT2D eigenvalue weighted by molar-refractivity contribution is -0.144. The van der Waals surface area contributed by atoms with Gasteiger partial charge < -0.3 is 19.7 Å². The van der Waals surface area contributed by atoms with E-state index in [1.165, 1.54) is 0 Å². The van der Waals surface area contributed by atoms with Crippen molar-refractivity contribution in [3.8, 4) is 22.5 Å². The fourth-order valence-corrected chi connectivity index (χ4v) is 4.92. The number of carboxylic acid groups (broad SMARTS) is 1. The molecule has 12 heteroatoms. The van der Waals surface area contributed by atoms with E-state index in [4.69, 9.17) is 21.4 Å². The molecule has 3 N–H and O–H groups in total. The lowest BCUT2D eigenvalue weighted by Crippen LogP contribution is -2.34. The molecule has 0 aliphatic heterocycles. The van der Waals surface area contributed by atoms with Gasteiger partial charge in [0.1, 0.15) is 11.9 Å². The van der Waals surface area contributed by atoms with Crippen LogP contribution in [-0.2, 0) is 33.7 Å². The number of likely N-dealkylation sites (N-methyl/N-ethyl adjacent to an activating group) is 1. The number of nitrogens with zero attached hydrogens (tertiary/aromatic N) is 5. The van der Waals surface area contributed by atoms with Gasteiger partial charge >= 0.3 is 11.9 Å². The number of benzene rings is 2. The van der Waals surface area contributed by atoms with E-state index in [2.05, 4.69) is 66.7 Å². The van der Waals surface area contributed by atoms with E-state index >= 15 is 0 Å². The number of carbonyl (C=O) groups is 2. The second-order valence-electron chi connectivity index (χ2n) is 9.62. The molecule has 0 aliphatic carbocycles. The quantitative estimate of drug-likeness (QED) is 0.175. The molecule has 2 heterocycles. The zero-order chi connectivity index (χ0) is 29.2. The molecule has 11 nitrogen and oxygen atoms in total. The molecular formula is C29H34ClN7O4. The number of aliphatic carboxylic acids is 1. The Morgan fingerprint density at radius 2 is 1.88 bits per heavy atom. The maximum Gasteiger partial charge on any atom is 0.320 e. The van der Waals surface area contributed by atoms with E-state index in [1.807, 2.05) is 24.3 Å². The van der Waals surface area contributed by atoms with E-state index in [-0.39, 0.29) is 19.4 Å². The Morgan fingerprint density at radius 3 is 2.54 bits per heavy atom. The van der Waals surface area contributed by atoms with Crippen LogP contribution in [0.4, 0.5) is 0 Å². The predicted molar refractivity (Wildman–Crippen MR) is 154 cm³/mol. The van der Waals surface area contributed by atoms with Gasteiger partial charge in [0.05, 0.1) is 12.3 Å². The van der Waals surface area contributed by atoms with Crippen LogP contribution in [0.1, 0.15) is 49.7 Å². The fraction of sp³-hybridized carbons (Fsp3) is 0.379. The molecule has 0 bridgehead atoms. The summed E-state index contributed by atoms with van der Waals surface area (Å²) in [6.07, 6.45) is 3.34. The minimum Gasteiger partial charge on any atom is -0.480 e. The van der Waals surface area contributed by atoms with Crippen LogP contribution in [0, 0.1) is 0 Å². The Hall–Kier alpha value is -4.09. The van der Waals surface area contributed by atoms with Crippen LogP contribution in [0.2, 0.25) is 5.15 Å². The van der Waals surface area contributed by atoms with Crippen molar-refractivity contribution in [2.75, 3.05) is 13.7 Å². The van der Waals surface area contributed by atoms with Crippen LogP contribution < -0.4 is 5.32 Å². The molecule has 0 amide bonds. The number of hydrogen-bond acceptors (Lipinski definition) is 8. The number of tetrazole rings is 1. The monoisotopic (exact) mass is 579 g/mol. The average molecular weight is 580 g/mol. The number of halogens is 1. The van der Waals surface area contributed by atoms with Crippen molar-refractivity contribution in [3.05, 3.63) is 70.8 Å². The Morgan fingerprint density at radius 1 is 1.12 bits per heavy atom. The van der Waals surface area contributed by atoms with Crippen molar-refractivity contribution in [2.45, 2.75) is 58.0 Å². The highest BCUT2D eigenvalue weighted by atomic mass is 35.5. The van der Waals surface area contributed by atoms with Crippen molar-refractivity contribution >= 4 is 23.5 Å². The number of aromatic amines is 1. The van der Waals surface area contributed by atoms with Gasteiger partial charge in [0.25, 0.3) is 0 Å². The first kappa shape index (κ1) is 29.9. The maximum atomic E-state index is 12.2. The van der Waals surface area contributed by atoms with E-state index < -0.39 is 18.0 Å². The van der Waals surface area contributed by atoms with Crippen molar-refractivity contribution < 1.29 is 19.4 Å². The maximum absolute atomic E-state index is 12.2. The number of unbranched alkanes of at least 4 members (excludes halogenated alkanes) is 1. The summed E-state index contributed by atoms with van der Waals surface area (Å²) in [5.74, 6) is -0.0215. The molecule has 1 unspecified atom stereocenters. The second kappa shape index (κ2) is 14.5. The minimum atomic E-state index is -1.00. The molecule has 0 fully saturated rings. The molecule has 1 atom stereocenters. The smallest absolute Gasteiger partial charge is 0.320 e. The van der Waals surface area contributed by atoms with Crippen molar-refractivity contribution in [3.63, 3.8) is 0 Å². The molecule has 4 rings (SSSR count). The molecule has 2 aromatic heterocycles. The molecule has 0 saturated heterocycles. The summed E-state index contributed by atoms with van der Waals surface area (Å²) in [5, 5.41) is 26.7. The van der Waals surface area contributed by atoms with Gasteiger partial charge in [-0.05, 0) is 41.8 Å². The first-order valence-electron chi connectivity index (χ1n) is 13.6. The van der Waals surface area contributed by atoms with E-state index in [9.17, 15) is 9.59 Å². The molecule has 0 saturated carbocycles. The number of H-pyrrole nitrogens is 1. The second-order valence-corrected chi connectivity index (χ2v) is 9.98. The molecular weight excluding hydrogens is 546 g/mol. The number of hydrogen-bond donors (Lipinski definition) is 3. The largest absolute Gasteiger partial charge is 0.480 e. The van der Waals surface area contributed by atoms with Gasteiger partial charge in [0.2, 0.25) is 5.82 Å². The summed E-state index contributed by atoms with van der Waals surface area (Å²) in [7, 11) is 1.55. The van der Waals surface area contributed by atoms with Gasteiger partial charge in [-0.2, -0.15) is 5.21 Å². The summed E-state index contributed by atoms with van der Waals surface area (Å²) in [6, 6.07) is 15.4. The van der Waals surface area contributed by atoms with Gasteiger partial charge in [0.15, 0.2) is 5.15 Å². The van der Waals surface area contributed by atoms with Crippen LogP contribution in [0.3, 0.4) is 0 Å². The van der Waals surface area contributed by atoms with Crippen molar-refractivity contribution in [1.29, 1.82) is 0 Å². The first-order chi connectivity index (χ1) is 19.9. The van der Waals surface area contributed by atoms with E-state index in [0.717, 1.165) is 53.0 Å². The molecule has 0 radical (unpaired) electrons. The topological polar surface area (TPSA) is 148 Å². The molecule has 216 valence electrons. The van der Waals surface area contributed by atoms with Gasteiger partial charge in [-0.15, -0.1) is 10.2 Å². The molecule has 41 heavy (non-hydrogen) atoms. The Bertz CT molecular complexity index is 1440. The number of ether oxygens (including phenoxy) is 1. The predicted octanol–water partition coefficient (Wildman–Crippen LogP) is 4.31. The van der Waals surface area contributed by atoms with Gasteiger partial charge in [-0.25, -0.2) is 4.98 Å². The van der Waals surface area contributed by atoms with Gasteiger partial charge in [-0.3, -0.25) is 9.59 Å². The molecule has 0 spiro atoms. The number of esters is 1. The molecule has 2 aromatic carbocycles. The fourth-order valence-electron chi connectivity index (χ4n) is 4.62. The highest BCUT2D eigenvalue weighted by molar-refractivity contribution is 6.30. The van der Waals surface area contributed by atoms with Crippen LogP contribution in [0.15, 0.2) is 48.5 Å². The van der Waals surface area contributed by atoms with Crippen LogP contribution >= 0.6 is 11.6 Å². The van der Waals surface area contributed by atoms with E-state index in [1.54, 1.807) is 7.05 Å². The Labute approximate surface area is 243 Å². The number of nitrogens with one attached hydrogen (secondary N) is 2. The summed E-state index contributed by atoms with van der Waals surface area (Å²) >= 11 is 6.57. The normalized spacial score (nSPS) is 11.9. The number of carbonyl (C=O) groups excluding carboxylic acids is 1. The third kappa shape index (κ3) is 7.77. The highest BCUT2D eigenvalue weighted by Crippen LogP contribution is 2.30. The Balaban J connectivity index is 1.47. The third-order valence-corrected chi connectivity index (χ3v) is 7.16. The van der Waals surface area contributed by atoms with Gasteiger partial charge in [0, 0.05) is 31.4 Å². The number of rotatable bonds is 15. The van der Waals surface area contributed by atoms with E-state index in [0.29, 0.717) is 23.9 Å². The van der Waals surface area contributed by atoms with Crippen LogP contribution in [0.25, 0.3) is 22.5 Å². The van der Waals surface area contributed by atoms with Crippen molar-refractivity contribution in [2.24, 2.45) is 0 Å². The average Bonchev–Trinajstić information content (AvgIpc) is 3.61. The zero-order valence-electron chi connectivity index (χ0n) is 23.1. The lowest BCUT2D eigenvalue weighted by Gasteiger charge is -2.14. The standard InChI is InChI=1S/C29H34ClN7O4/c1-3-4-9-25-32-27(30)24(16-17-41-26(38)15-14-23(31-2)29(39)40)37(25)18-19-10-12-20(13-11-19)21-7-5-6-8-22(21)28-33-35-36-34-28/h5-8,10-13,23,31H,3-4,9,14-18H2,1-2H3,(H,39,40)(H,33,34,35,36). The Kier molecular flexibility index (Phi) is 10.6. The number of aromatic nitrogens is 6. The summed E-state index contributed by atoms with van der Waals surface area (Å²) in [4.78, 5) is 28.0. The number of carboxylic acids is 1. The third-order valence-electron chi connectivity index (χ3n) is 6.86. The molecule has 4 aromatic rings. The van der Waals surface area contributed by atoms with Gasteiger partial charge in [-0.1, -0.05) is 73.5 Å². The van der Waals surface area contributed by atoms with Crippen LogP contribution in [-0.4, -0.2) is 66.9 Å².